The van der Waals surface area contributed by atoms with Crippen molar-refractivity contribution in [2.75, 3.05) is 13.6 Å². The Hall–Kier alpha value is -3.15. The largest absolute Gasteiger partial charge is 0.504 e. The van der Waals surface area contributed by atoms with Crippen LogP contribution in [0.4, 0.5) is 0 Å². The molecule has 182 valence electrons. The maximum absolute atomic E-state index is 12.8. The van der Waals surface area contributed by atoms with Crippen LogP contribution in [0.3, 0.4) is 0 Å². The lowest BCUT2D eigenvalue weighted by atomic mass is 9.50. The monoisotopic (exact) mass is 475 g/mol. The molecule has 6 atom stereocenters. The summed E-state index contributed by atoms with van der Waals surface area (Å²) >= 11 is 0. The van der Waals surface area contributed by atoms with Crippen LogP contribution < -0.4 is 4.74 Å². The van der Waals surface area contributed by atoms with E-state index in [0.717, 1.165) is 12.5 Å². The van der Waals surface area contributed by atoms with Crippen LogP contribution in [0.25, 0.3) is 0 Å². The van der Waals surface area contributed by atoms with Crippen LogP contribution in [0.5, 0.6) is 11.5 Å². The molecule has 4 aliphatic rings. The van der Waals surface area contributed by atoms with E-state index >= 15 is 0 Å². The molecule has 1 saturated heterocycles. The van der Waals surface area contributed by atoms with Gasteiger partial charge in [0.2, 0.25) is 6.10 Å². The molecule has 2 aliphatic carbocycles. The number of esters is 2. The molecule has 11 nitrogen and oxygen atoms in total. The number of likely N-dealkylation sites (N-methyl/N-ethyl adjacent to an activating group) is 1. The highest BCUT2D eigenvalue weighted by atomic mass is 16.6. The van der Waals surface area contributed by atoms with Crippen molar-refractivity contribution in [3.05, 3.63) is 35.1 Å². The lowest BCUT2D eigenvalue weighted by Gasteiger charge is -2.61. The third-order valence-corrected chi connectivity index (χ3v) is 7.64. The molecule has 1 spiro atoms. The summed E-state index contributed by atoms with van der Waals surface area (Å²) in [7, 11) is 1.93. The van der Waals surface area contributed by atoms with Crippen molar-refractivity contribution >= 4 is 17.9 Å². The van der Waals surface area contributed by atoms with E-state index in [0.29, 0.717) is 24.9 Å². The summed E-state index contributed by atoms with van der Waals surface area (Å²) in [6.45, 7) is 1.59. The van der Waals surface area contributed by atoms with Crippen molar-refractivity contribution in [3.63, 3.8) is 0 Å². The Bertz CT molecular complexity index is 1130. The molecule has 1 aromatic carbocycles. The van der Waals surface area contributed by atoms with E-state index in [9.17, 15) is 29.7 Å². The number of carboxylic acids is 1. The van der Waals surface area contributed by atoms with Gasteiger partial charge in [0.1, 0.15) is 5.76 Å². The Morgan fingerprint density at radius 3 is 2.71 bits per heavy atom. The number of rotatable bonds is 5. The van der Waals surface area contributed by atoms with Crippen LogP contribution >= 0.6 is 0 Å². The zero-order chi connectivity index (χ0) is 24.6. The number of aromatic hydroxyl groups is 1. The molecule has 11 heteroatoms. The highest BCUT2D eigenvalue weighted by Gasteiger charge is 2.72. The van der Waals surface area contributed by atoms with Crippen LogP contribution in [0.15, 0.2) is 24.0 Å². The van der Waals surface area contributed by atoms with E-state index in [4.69, 9.17) is 19.3 Å². The summed E-state index contributed by atoms with van der Waals surface area (Å²) in [6.07, 6.45) is -2.82. The zero-order valence-corrected chi connectivity index (χ0v) is 18.6. The average molecular weight is 475 g/mol. The van der Waals surface area contributed by atoms with Crippen molar-refractivity contribution in [1.29, 1.82) is 0 Å². The molecule has 2 aliphatic heterocycles. The molecule has 1 aromatic rings. The van der Waals surface area contributed by atoms with E-state index in [1.807, 2.05) is 7.05 Å². The van der Waals surface area contributed by atoms with Crippen molar-refractivity contribution in [2.45, 2.75) is 61.6 Å². The lowest BCUT2D eigenvalue weighted by molar-refractivity contribution is -0.184. The normalized spacial score (nSPS) is 32.5. The average Bonchev–Trinajstić information content (AvgIpc) is 3.13. The molecular weight excluding hydrogens is 450 g/mol. The third kappa shape index (κ3) is 2.83. The van der Waals surface area contributed by atoms with Crippen molar-refractivity contribution in [1.82, 2.24) is 4.90 Å². The number of nitrogens with zero attached hydrogens (tertiary/aromatic N) is 1. The molecule has 4 N–H and O–H groups in total. The standard InChI is InChI=1S/C23H25NO10/c1-10(25)32-18(16(27)20(28)29)21(30)33-13-5-6-23(31)14-9-11-3-4-12(26)17-15(11)22(23,19(13)34-17)7-8-24(14)2/h3-5,14,16,18-19,26-27,31H,6-9H2,1-2H3,(H,28,29)/t14-,16+,18+,19?,22?,23-/m1/s1. The Morgan fingerprint density at radius 1 is 1.29 bits per heavy atom. The second-order valence-electron chi connectivity index (χ2n) is 9.34. The molecular formula is C23H25NO10. The first-order valence-corrected chi connectivity index (χ1v) is 11.0. The number of aliphatic carboxylic acids is 1. The molecule has 2 heterocycles. The number of likely N-dealkylation sites (tertiary alicyclic amines) is 1. The summed E-state index contributed by atoms with van der Waals surface area (Å²) in [5.41, 5.74) is -0.683. The Kier molecular flexibility index (Phi) is 4.94. The molecule has 0 amide bonds. The summed E-state index contributed by atoms with van der Waals surface area (Å²) in [4.78, 5) is 37.6. The quantitative estimate of drug-likeness (QED) is 0.409. The van der Waals surface area contributed by atoms with Crippen LogP contribution in [-0.2, 0) is 35.7 Å². The Morgan fingerprint density at radius 2 is 2.03 bits per heavy atom. The maximum Gasteiger partial charge on any atom is 0.356 e. The van der Waals surface area contributed by atoms with Gasteiger partial charge in [-0.3, -0.25) is 4.79 Å². The number of carboxylic acid groups (broad SMARTS) is 1. The molecule has 2 unspecified atom stereocenters. The van der Waals surface area contributed by atoms with Gasteiger partial charge in [0, 0.05) is 24.9 Å². The second-order valence-corrected chi connectivity index (χ2v) is 9.34. The first kappa shape index (κ1) is 22.6. The number of piperidine rings is 1. The Balaban J connectivity index is 1.56. The first-order chi connectivity index (χ1) is 16.0. The van der Waals surface area contributed by atoms with Gasteiger partial charge in [-0.2, -0.15) is 0 Å². The lowest BCUT2D eigenvalue weighted by Crippen LogP contribution is -2.74. The van der Waals surface area contributed by atoms with Gasteiger partial charge < -0.3 is 39.5 Å². The summed E-state index contributed by atoms with van der Waals surface area (Å²) in [6, 6.07) is 3.08. The van der Waals surface area contributed by atoms with Gasteiger partial charge in [0.15, 0.2) is 23.7 Å². The molecule has 34 heavy (non-hydrogen) atoms. The minimum Gasteiger partial charge on any atom is -0.504 e. The highest BCUT2D eigenvalue weighted by Crippen LogP contribution is 2.65. The van der Waals surface area contributed by atoms with Crippen molar-refractivity contribution in [3.8, 4) is 11.5 Å². The number of aliphatic hydroxyl groups excluding tert-OH is 1. The highest BCUT2D eigenvalue weighted by molar-refractivity contribution is 5.87. The molecule has 5 rings (SSSR count). The summed E-state index contributed by atoms with van der Waals surface area (Å²) < 4.78 is 16.3. The molecule has 0 radical (unpaired) electrons. The fourth-order valence-corrected chi connectivity index (χ4v) is 6.16. The van der Waals surface area contributed by atoms with Crippen LogP contribution in [0.2, 0.25) is 0 Å². The van der Waals surface area contributed by atoms with Gasteiger partial charge in [-0.15, -0.1) is 0 Å². The summed E-state index contributed by atoms with van der Waals surface area (Å²) in [5.74, 6) is -3.92. The number of aliphatic hydroxyl groups is 2. The number of benzene rings is 1. The fourth-order valence-electron chi connectivity index (χ4n) is 6.16. The van der Waals surface area contributed by atoms with Gasteiger partial charge in [-0.25, -0.2) is 9.59 Å². The minimum atomic E-state index is -2.34. The van der Waals surface area contributed by atoms with E-state index in [2.05, 4.69) is 4.90 Å². The maximum atomic E-state index is 12.8. The molecule has 0 saturated carbocycles. The molecule has 2 bridgehead atoms. The van der Waals surface area contributed by atoms with Gasteiger partial charge in [-0.1, -0.05) is 6.07 Å². The minimum absolute atomic E-state index is 0.00355. The Labute approximate surface area is 194 Å². The third-order valence-electron chi connectivity index (χ3n) is 7.64. The number of phenolic OH excluding ortho intramolecular Hbond substituents is 1. The van der Waals surface area contributed by atoms with Gasteiger partial charge in [-0.05, 0) is 44.1 Å². The van der Waals surface area contributed by atoms with Crippen molar-refractivity contribution in [2.24, 2.45) is 0 Å². The number of hydrogen-bond acceptors (Lipinski definition) is 10. The van der Waals surface area contributed by atoms with E-state index in [1.54, 1.807) is 6.07 Å². The molecule has 1 fully saturated rings. The number of carbonyl (C=O) groups excluding carboxylic acids is 2. The van der Waals surface area contributed by atoms with Gasteiger partial charge in [0.25, 0.3) is 0 Å². The predicted octanol–water partition coefficient (Wildman–Crippen LogP) is -0.410. The number of phenols is 1. The SMILES string of the molecule is CC(=O)O[C@H](C(=O)OC1=CC[C@@]2(O)[C@H]3Cc4ccc(O)c5c4C2(CCN3C)C1O5)[C@H](O)C(=O)O. The topological polar surface area (TPSA) is 163 Å². The van der Waals surface area contributed by atoms with Crippen LogP contribution in [0.1, 0.15) is 30.9 Å². The number of ether oxygens (including phenoxy) is 3. The van der Waals surface area contributed by atoms with Crippen LogP contribution in [-0.4, -0.2) is 86.8 Å². The van der Waals surface area contributed by atoms with Crippen LogP contribution in [0, 0.1) is 0 Å². The smallest absolute Gasteiger partial charge is 0.356 e. The fraction of sp³-hybridized carbons (Fsp3) is 0.522. The van der Waals surface area contributed by atoms with Gasteiger partial charge >= 0.3 is 17.9 Å². The van der Waals surface area contributed by atoms with Gasteiger partial charge in [0.05, 0.1) is 11.0 Å². The van der Waals surface area contributed by atoms with E-state index < -0.39 is 47.2 Å². The summed E-state index contributed by atoms with van der Waals surface area (Å²) in [5, 5.41) is 41.6. The van der Waals surface area contributed by atoms with E-state index in [1.165, 1.54) is 12.1 Å². The molecule has 0 aromatic heterocycles. The predicted molar refractivity (Wildman–Crippen MR) is 112 cm³/mol. The number of carbonyl (C=O) groups is 3. The first-order valence-electron chi connectivity index (χ1n) is 11.0. The van der Waals surface area contributed by atoms with Crippen molar-refractivity contribution < 1.29 is 49.0 Å². The number of hydrogen-bond donors (Lipinski definition) is 4. The second kappa shape index (κ2) is 7.42. The zero-order valence-electron chi connectivity index (χ0n) is 18.6. The van der Waals surface area contributed by atoms with E-state index in [-0.39, 0.29) is 29.7 Å².